The van der Waals surface area contributed by atoms with E-state index in [0.717, 1.165) is 30.5 Å². The first-order valence-electron chi connectivity index (χ1n) is 10.1. The average Bonchev–Trinajstić information content (AvgIpc) is 2.73. The number of hydrogen-bond acceptors (Lipinski definition) is 2. The summed E-state index contributed by atoms with van der Waals surface area (Å²) in [5.74, 6) is 0.327. The Morgan fingerprint density at radius 1 is 0.885 bits per heavy atom. The van der Waals surface area contributed by atoms with E-state index in [9.17, 15) is 4.79 Å². The topological polar surface area (TPSA) is 20.3 Å². The quantitative estimate of drug-likeness (QED) is 0.651. The maximum Gasteiger partial charge on any atom is 0.147 e. The first kappa shape index (κ1) is 18.8. The number of nitrogens with zero attached hydrogens (tertiary/aromatic N) is 1. The van der Waals surface area contributed by atoms with Crippen LogP contribution < -0.4 is 0 Å². The SMILES string of the molecule is CCC(=O)C(CCCN1CCCCC1)(c1ccccc1)c1ccccc1. The lowest BCUT2D eigenvalue weighted by Gasteiger charge is -2.35. The molecule has 0 atom stereocenters. The molecule has 0 unspecified atom stereocenters. The van der Waals surface area contributed by atoms with Gasteiger partial charge in [0.05, 0.1) is 5.41 Å². The molecule has 2 heteroatoms. The molecule has 0 aliphatic carbocycles. The number of rotatable bonds is 8. The molecule has 0 spiro atoms. The van der Waals surface area contributed by atoms with Crippen LogP contribution in [0.4, 0.5) is 0 Å². The van der Waals surface area contributed by atoms with Gasteiger partial charge in [-0.2, -0.15) is 0 Å². The van der Waals surface area contributed by atoms with Gasteiger partial charge in [0.2, 0.25) is 0 Å². The van der Waals surface area contributed by atoms with Crippen molar-refractivity contribution in [2.75, 3.05) is 19.6 Å². The summed E-state index contributed by atoms with van der Waals surface area (Å²) in [4.78, 5) is 15.9. The number of Topliss-reactive ketones (excluding diaryl/α,β-unsaturated/α-hetero) is 1. The van der Waals surface area contributed by atoms with Crippen LogP contribution >= 0.6 is 0 Å². The molecule has 0 saturated carbocycles. The van der Waals surface area contributed by atoms with Crippen molar-refractivity contribution in [2.24, 2.45) is 0 Å². The zero-order valence-corrected chi connectivity index (χ0v) is 16.0. The fraction of sp³-hybridized carbons (Fsp3) is 0.458. The van der Waals surface area contributed by atoms with Crippen molar-refractivity contribution >= 4 is 5.78 Å². The van der Waals surface area contributed by atoms with Gasteiger partial charge in [0.25, 0.3) is 0 Å². The minimum atomic E-state index is -0.521. The minimum Gasteiger partial charge on any atom is -0.303 e. The molecule has 1 aliphatic heterocycles. The lowest BCUT2D eigenvalue weighted by molar-refractivity contribution is -0.123. The molecular formula is C24H31NO. The third kappa shape index (κ3) is 4.07. The van der Waals surface area contributed by atoms with Crippen LogP contribution in [0.2, 0.25) is 0 Å². The Morgan fingerprint density at radius 2 is 1.42 bits per heavy atom. The summed E-state index contributed by atoms with van der Waals surface area (Å²) in [6, 6.07) is 20.8. The van der Waals surface area contributed by atoms with E-state index >= 15 is 0 Å². The molecule has 0 aromatic heterocycles. The molecule has 2 aromatic rings. The van der Waals surface area contributed by atoms with E-state index in [1.54, 1.807) is 0 Å². The predicted octanol–water partition coefficient (Wildman–Crippen LogP) is 5.22. The first-order valence-corrected chi connectivity index (χ1v) is 10.1. The molecule has 2 aromatic carbocycles. The number of piperidine rings is 1. The van der Waals surface area contributed by atoms with E-state index in [4.69, 9.17) is 0 Å². The molecule has 0 radical (unpaired) electrons. The van der Waals surface area contributed by atoms with Crippen molar-refractivity contribution in [2.45, 2.75) is 50.9 Å². The third-order valence-corrected chi connectivity index (χ3v) is 5.81. The van der Waals surface area contributed by atoms with Crippen LogP contribution in [-0.4, -0.2) is 30.3 Å². The molecule has 1 saturated heterocycles. The average molecular weight is 350 g/mol. The smallest absolute Gasteiger partial charge is 0.147 e. The first-order chi connectivity index (χ1) is 12.8. The van der Waals surface area contributed by atoms with E-state index in [1.807, 2.05) is 19.1 Å². The van der Waals surface area contributed by atoms with Crippen LogP contribution in [0.3, 0.4) is 0 Å². The molecule has 1 heterocycles. The maximum atomic E-state index is 13.3. The van der Waals surface area contributed by atoms with Gasteiger partial charge in [0.1, 0.15) is 5.78 Å². The molecule has 0 bridgehead atoms. The Morgan fingerprint density at radius 3 is 1.92 bits per heavy atom. The molecule has 0 N–H and O–H groups in total. The Kier molecular flexibility index (Phi) is 6.62. The van der Waals surface area contributed by atoms with Crippen molar-refractivity contribution in [1.82, 2.24) is 4.90 Å². The molecule has 1 fully saturated rings. The van der Waals surface area contributed by atoms with Gasteiger partial charge in [0.15, 0.2) is 0 Å². The zero-order valence-electron chi connectivity index (χ0n) is 16.0. The third-order valence-electron chi connectivity index (χ3n) is 5.81. The number of ketones is 1. The van der Waals surface area contributed by atoms with E-state index in [0.29, 0.717) is 12.2 Å². The fourth-order valence-corrected chi connectivity index (χ4v) is 4.41. The summed E-state index contributed by atoms with van der Waals surface area (Å²) in [5.41, 5.74) is 1.75. The monoisotopic (exact) mass is 349 g/mol. The fourth-order valence-electron chi connectivity index (χ4n) is 4.41. The summed E-state index contributed by atoms with van der Waals surface area (Å²) >= 11 is 0. The van der Waals surface area contributed by atoms with Crippen LogP contribution in [0.1, 0.15) is 56.6 Å². The Balaban J connectivity index is 1.90. The second kappa shape index (κ2) is 9.14. The molecule has 138 valence electrons. The number of likely N-dealkylation sites (tertiary alicyclic amines) is 1. The second-order valence-corrected chi connectivity index (χ2v) is 7.42. The standard InChI is InChI=1S/C24H31NO/c1-2-23(26)24(21-13-6-3-7-14-21,22-15-8-4-9-16-22)17-12-20-25-18-10-5-11-19-25/h3-4,6-9,13-16H,2,5,10-12,17-20H2,1H3. The van der Waals surface area contributed by atoms with Gasteiger partial charge in [-0.15, -0.1) is 0 Å². The van der Waals surface area contributed by atoms with Crippen LogP contribution in [-0.2, 0) is 10.2 Å². The van der Waals surface area contributed by atoms with Crippen molar-refractivity contribution in [3.05, 3.63) is 71.8 Å². The predicted molar refractivity (Wildman–Crippen MR) is 108 cm³/mol. The molecule has 0 amide bonds. The van der Waals surface area contributed by atoms with E-state index < -0.39 is 5.41 Å². The number of carbonyl (C=O) groups is 1. The molecule has 26 heavy (non-hydrogen) atoms. The van der Waals surface area contributed by atoms with Crippen molar-refractivity contribution < 1.29 is 4.79 Å². The van der Waals surface area contributed by atoms with Gasteiger partial charge in [-0.25, -0.2) is 0 Å². The van der Waals surface area contributed by atoms with Crippen LogP contribution in [0.25, 0.3) is 0 Å². The van der Waals surface area contributed by atoms with E-state index in [2.05, 4.69) is 53.4 Å². The summed E-state index contributed by atoms with van der Waals surface area (Å²) in [6.45, 7) is 5.52. The van der Waals surface area contributed by atoms with Gasteiger partial charge in [-0.05, 0) is 56.4 Å². The molecular weight excluding hydrogens is 318 g/mol. The van der Waals surface area contributed by atoms with Gasteiger partial charge in [-0.3, -0.25) is 4.79 Å². The van der Waals surface area contributed by atoms with Crippen molar-refractivity contribution in [3.8, 4) is 0 Å². The summed E-state index contributed by atoms with van der Waals surface area (Å²) in [7, 11) is 0. The summed E-state index contributed by atoms with van der Waals surface area (Å²) in [6.07, 6.45) is 6.49. The molecule has 2 nitrogen and oxygen atoms in total. The molecule has 3 rings (SSSR count). The molecule has 1 aliphatic rings. The van der Waals surface area contributed by atoms with Crippen LogP contribution in [0.15, 0.2) is 60.7 Å². The lowest BCUT2D eigenvalue weighted by atomic mass is 9.67. The van der Waals surface area contributed by atoms with Crippen LogP contribution in [0.5, 0.6) is 0 Å². The number of hydrogen-bond donors (Lipinski definition) is 0. The van der Waals surface area contributed by atoms with Crippen LogP contribution in [0, 0.1) is 0 Å². The highest BCUT2D eigenvalue weighted by molar-refractivity contribution is 5.93. The van der Waals surface area contributed by atoms with Crippen molar-refractivity contribution in [1.29, 1.82) is 0 Å². The summed E-state index contributed by atoms with van der Waals surface area (Å²) < 4.78 is 0. The normalized spacial score (nSPS) is 15.7. The number of carbonyl (C=O) groups excluding carboxylic acids is 1. The zero-order chi connectivity index (χ0) is 18.2. The summed E-state index contributed by atoms with van der Waals surface area (Å²) in [5, 5.41) is 0. The van der Waals surface area contributed by atoms with Gasteiger partial charge >= 0.3 is 0 Å². The second-order valence-electron chi connectivity index (χ2n) is 7.42. The largest absolute Gasteiger partial charge is 0.303 e. The lowest BCUT2D eigenvalue weighted by Crippen LogP contribution is -2.38. The maximum absolute atomic E-state index is 13.3. The Hall–Kier alpha value is -1.93. The Labute approximate surface area is 158 Å². The van der Waals surface area contributed by atoms with Gasteiger partial charge in [-0.1, -0.05) is 74.0 Å². The minimum absolute atomic E-state index is 0.327. The highest BCUT2D eigenvalue weighted by atomic mass is 16.1. The van der Waals surface area contributed by atoms with E-state index in [-0.39, 0.29) is 0 Å². The van der Waals surface area contributed by atoms with Gasteiger partial charge in [0, 0.05) is 6.42 Å². The Bertz CT molecular complexity index is 634. The highest BCUT2D eigenvalue weighted by Crippen LogP contribution is 2.39. The van der Waals surface area contributed by atoms with E-state index in [1.165, 1.54) is 32.4 Å². The van der Waals surface area contributed by atoms with Crippen molar-refractivity contribution in [3.63, 3.8) is 0 Å². The highest BCUT2D eigenvalue weighted by Gasteiger charge is 2.39. The number of benzene rings is 2. The van der Waals surface area contributed by atoms with Gasteiger partial charge < -0.3 is 4.90 Å².